The molecular formula is C24H25ClN2O2. The first-order chi connectivity index (χ1) is 14.0. The van der Waals surface area contributed by atoms with Crippen molar-refractivity contribution in [1.82, 2.24) is 4.98 Å². The fourth-order valence-electron chi connectivity index (χ4n) is 5.10. The maximum atomic E-state index is 12.0. The molecule has 2 saturated carbocycles. The third-order valence-corrected chi connectivity index (χ3v) is 7.27. The van der Waals surface area contributed by atoms with E-state index in [1.54, 1.807) is 12.3 Å². The summed E-state index contributed by atoms with van der Waals surface area (Å²) in [5, 5.41) is 1.89. The Kier molecular flexibility index (Phi) is 4.45. The lowest BCUT2D eigenvalue weighted by atomic mass is 9.63. The first kappa shape index (κ1) is 18.7. The Balaban J connectivity index is 1.38. The lowest BCUT2D eigenvalue weighted by molar-refractivity contribution is 0.0999. The number of aromatic nitrogens is 1. The van der Waals surface area contributed by atoms with E-state index in [9.17, 15) is 4.79 Å². The summed E-state index contributed by atoms with van der Waals surface area (Å²) in [6.07, 6.45) is 7.86. The molecule has 0 unspecified atom stereocenters. The molecule has 5 rings (SSSR count). The van der Waals surface area contributed by atoms with Crippen LogP contribution >= 0.6 is 11.6 Å². The molecule has 29 heavy (non-hydrogen) atoms. The standard InChI is InChI=1S/C24H25ClN2O2/c25-20-15-19-16(8-13-27-22(19)28)14-21(20)29-18-6-9-23(10-7-18,24(26)11-12-24)17-4-2-1-3-5-17/h1-5,8,13-15,18H,6-7,9-12,26H2,(H,27,28)/t18-,23-. The predicted molar refractivity (Wildman–Crippen MR) is 117 cm³/mol. The van der Waals surface area contributed by atoms with E-state index in [1.807, 2.05) is 12.1 Å². The van der Waals surface area contributed by atoms with Crippen molar-refractivity contribution in [2.75, 3.05) is 0 Å². The van der Waals surface area contributed by atoms with Crippen LogP contribution < -0.4 is 16.0 Å². The Morgan fingerprint density at radius 1 is 1.03 bits per heavy atom. The third-order valence-electron chi connectivity index (χ3n) is 6.97. The summed E-state index contributed by atoms with van der Waals surface area (Å²) in [6, 6.07) is 16.2. The molecule has 2 aliphatic rings. The molecule has 0 bridgehead atoms. The van der Waals surface area contributed by atoms with Crippen LogP contribution in [0.5, 0.6) is 5.75 Å². The Morgan fingerprint density at radius 3 is 2.45 bits per heavy atom. The number of H-pyrrole nitrogens is 1. The fourth-order valence-corrected chi connectivity index (χ4v) is 5.31. The number of fused-ring (bicyclic) bond motifs is 1. The number of hydrogen-bond acceptors (Lipinski definition) is 3. The van der Waals surface area contributed by atoms with Crippen LogP contribution in [0.2, 0.25) is 5.02 Å². The summed E-state index contributed by atoms with van der Waals surface area (Å²) in [7, 11) is 0. The van der Waals surface area contributed by atoms with Crippen LogP contribution in [-0.4, -0.2) is 16.6 Å². The molecule has 0 amide bonds. The zero-order valence-corrected chi connectivity index (χ0v) is 17.0. The molecule has 1 aromatic heterocycles. The molecule has 2 fully saturated rings. The molecule has 150 valence electrons. The van der Waals surface area contributed by atoms with E-state index in [2.05, 4.69) is 35.3 Å². The van der Waals surface area contributed by atoms with Crippen LogP contribution in [0, 0.1) is 0 Å². The minimum atomic E-state index is -0.140. The van der Waals surface area contributed by atoms with Crippen molar-refractivity contribution in [2.24, 2.45) is 5.73 Å². The highest BCUT2D eigenvalue weighted by Gasteiger charge is 2.58. The topological polar surface area (TPSA) is 68.1 Å². The maximum absolute atomic E-state index is 12.0. The smallest absolute Gasteiger partial charge is 0.255 e. The van der Waals surface area contributed by atoms with E-state index in [0.717, 1.165) is 43.9 Å². The first-order valence-electron chi connectivity index (χ1n) is 10.3. The minimum Gasteiger partial charge on any atom is -0.489 e. The van der Waals surface area contributed by atoms with Gasteiger partial charge in [0.25, 0.3) is 5.56 Å². The van der Waals surface area contributed by atoms with E-state index in [0.29, 0.717) is 16.2 Å². The second-order valence-electron chi connectivity index (χ2n) is 8.60. The molecule has 0 aliphatic heterocycles. The fraction of sp³-hybridized carbons (Fsp3) is 0.375. The van der Waals surface area contributed by atoms with Crippen molar-refractivity contribution in [1.29, 1.82) is 0 Å². The van der Waals surface area contributed by atoms with Gasteiger partial charge in [0.2, 0.25) is 0 Å². The Bertz CT molecular complexity index is 1100. The largest absolute Gasteiger partial charge is 0.489 e. The van der Waals surface area contributed by atoms with Gasteiger partial charge in [0.05, 0.1) is 11.1 Å². The van der Waals surface area contributed by atoms with Crippen LogP contribution in [0.3, 0.4) is 0 Å². The average molecular weight is 409 g/mol. The number of aromatic amines is 1. The van der Waals surface area contributed by atoms with Gasteiger partial charge in [-0.25, -0.2) is 0 Å². The van der Waals surface area contributed by atoms with Gasteiger partial charge in [0.1, 0.15) is 5.75 Å². The second-order valence-corrected chi connectivity index (χ2v) is 9.01. The maximum Gasteiger partial charge on any atom is 0.255 e. The van der Waals surface area contributed by atoms with Gasteiger partial charge in [-0.15, -0.1) is 0 Å². The van der Waals surface area contributed by atoms with Gasteiger partial charge in [0.15, 0.2) is 0 Å². The number of ether oxygens (including phenoxy) is 1. The lowest BCUT2D eigenvalue weighted by Gasteiger charge is -2.45. The number of hydrogen-bond donors (Lipinski definition) is 2. The van der Waals surface area contributed by atoms with Crippen molar-refractivity contribution in [2.45, 2.75) is 55.6 Å². The molecule has 0 atom stereocenters. The molecule has 3 aromatic rings. The first-order valence-corrected chi connectivity index (χ1v) is 10.7. The number of nitrogens with two attached hydrogens (primary N) is 1. The van der Waals surface area contributed by atoms with Gasteiger partial charge in [-0.3, -0.25) is 4.79 Å². The summed E-state index contributed by atoms with van der Waals surface area (Å²) in [5.41, 5.74) is 7.97. The minimum absolute atomic E-state index is 0.0363. The molecule has 0 saturated heterocycles. The Hall–Kier alpha value is -2.30. The SMILES string of the molecule is NC1([C@]2(c3ccccc3)CC[C@@H](Oc3cc4cc[nH]c(=O)c4cc3Cl)CC2)CC1. The van der Waals surface area contributed by atoms with Gasteiger partial charge in [-0.2, -0.15) is 0 Å². The van der Waals surface area contributed by atoms with Gasteiger partial charge in [0, 0.05) is 22.5 Å². The number of pyridine rings is 1. The number of nitrogens with one attached hydrogen (secondary N) is 1. The molecular weight excluding hydrogens is 384 g/mol. The quantitative estimate of drug-likeness (QED) is 0.643. The summed E-state index contributed by atoms with van der Waals surface area (Å²) in [6.45, 7) is 0. The predicted octanol–water partition coefficient (Wildman–Crippen LogP) is 4.93. The average Bonchev–Trinajstić information content (AvgIpc) is 3.50. The van der Waals surface area contributed by atoms with Crippen molar-refractivity contribution in [3.8, 4) is 5.75 Å². The third kappa shape index (κ3) is 3.15. The molecule has 0 radical (unpaired) electrons. The molecule has 0 spiro atoms. The number of halogens is 1. The summed E-state index contributed by atoms with van der Waals surface area (Å²) in [5.74, 6) is 0.649. The van der Waals surface area contributed by atoms with E-state index >= 15 is 0 Å². The van der Waals surface area contributed by atoms with Crippen LogP contribution in [0.15, 0.2) is 59.5 Å². The molecule has 2 aromatic carbocycles. The number of benzene rings is 2. The van der Waals surface area contributed by atoms with E-state index in [1.165, 1.54) is 5.56 Å². The van der Waals surface area contributed by atoms with Crippen molar-refractivity contribution in [3.63, 3.8) is 0 Å². The van der Waals surface area contributed by atoms with Crippen molar-refractivity contribution < 1.29 is 4.74 Å². The monoisotopic (exact) mass is 408 g/mol. The van der Waals surface area contributed by atoms with Gasteiger partial charge in [-0.1, -0.05) is 41.9 Å². The van der Waals surface area contributed by atoms with Gasteiger partial charge in [-0.05, 0) is 67.7 Å². The molecule has 5 heteroatoms. The van der Waals surface area contributed by atoms with Gasteiger partial charge >= 0.3 is 0 Å². The van der Waals surface area contributed by atoms with Crippen molar-refractivity contribution >= 4 is 22.4 Å². The highest BCUT2D eigenvalue weighted by molar-refractivity contribution is 6.32. The molecule has 4 nitrogen and oxygen atoms in total. The lowest BCUT2D eigenvalue weighted by Crippen LogP contribution is -2.51. The number of rotatable bonds is 4. The summed E-state index contributed by atoms with van der Waals surface area (Å²) >= 11 is 6.43. The Labute approximate surface area is 175 Å². The highest BCUT2D eigenvalue weighted by atomic mass is 35.5. The van der Waals surface area contributed by atoms with Crippen LogP contribution in [0.25, 0.3) is 10.8 Å². The summed E-state index contributed by atoms with van der Waals surface area (Å²) < 4.78 is 6.31. The molecule has 2 aliphatic carbocycles. The van der Waals surface area contributed by atoms with Crippen LogP contribution in [0.4, 0.5) is 0 Å². The Morgan fingerprint density at radius 2 is 1.76 bits per heavy atom. The molecule has 1 heterocycles. The van der Waals surface area contributed by atoms with Gasteiger partial charge < -0.3 is 15.5 Å². The van der Waals surface area contributed by atoms with Crippen molar-refractivity contribution in [3.05, 3.63) is 75.7 Å². The van der Waals surface area contributed by atoms with Crippen LogP contribution in [0.1, 0.15) is 44.1 Å². The highest BCUT2D eigenvalue weighted by Crippen LogP contribution is 2.56. The van der Waals surface area contributed by atoms with Crippen LogP contribution in [-0.2, 0) is 5.41 Å². The summed E-state index contributed by atoms with van der Waals surface area (Å²) in [4.78, 5) is 14.7. The molecule has 3 N–H and O–H groups in total. The van der Waals surface area contributed by atoms with E-state index in [4.69, 9.17) is 22.1 Å². The zero-order valence-electron chi connectivity index (χ0n) is 16.3. The zero-order chi connectivity index (χ0) is 20.1. The van der Waals surface area contributed by atoms with E-state index < -0.39 is 0 Å². The van der Waals surface area contributed by atoms with E-state index in [-0.39, 0.29) is 22.6 Å². The second kappa shape index (κ2) is 6.89. The normalized spacial score (nSPS) is 25.7.